The van der Waals surface area contributed by atoms with Crippen LogP contribution < -0.4 is 21.3 Å². The minimum atomic E-state index is -1.26. The first-order chi connectivity index (χ1) is 26.0. The van der Waals surface area contributed by atoms with Crippen molar-refractivity contribution in [2.24, 2.45) is 11.3 Å². The van der Waals surface area contributed by atoms with E-state index in [1.54, 1.807) is 51.1 Å². The van der Waals surface area contributed by atoms with Gasteiger partial charge in [-0.15, -0.1) is 0 Å². The van der Waals surface area contributed by atoms with E-state index in [-0.39, 0.29) is 30.7 Å². The number of nitrogens with one attached hydrogen (secondary N) is 4. The standard InChI is InChI=1S/C42H65N5O9/c1-11-18-29(33(50)37(52)43-24-31(48)55-34(32(49)26(2)3)27-19-14-12-15-20-27)44-36(51)30-23-28(56-41(7,8)9)25-47(30)38(53)35(40(4,5)6)45-39(54)46-42(10)21-16-13-17-22-42/h12,14-15,19-20,26,28-30,34-35H,11,13,16-18,21-25H2,1-10H3,(H,43,52)(H,44,51)(H2,45,46,54)/t28-,29?,30+,34?,35-/m1/s1. The molecule has 1 aliphatic heterocycles. The molecular weight excluding hydrogens is 718 g/mol. The number of carbonyl (C=O) groups is 7. The molecule has 4 N–H and O–H groups in total. The minimum Gasteiger partial charge on any atom is -0.448 e. The average Bonchev–Trinajstić information content (AvgIpc) is 3.53. The number of hydrogen-bond donors (Lipinski definition) is 4. The lowest BCUT2D eigenvalue weighted by atomic mass is 9.83. The predicted octanol–water partition coefficient (Wildman–Crippen LogP) is 4.69. The molecule has 2 fully saturated rings. The van der Waals surface area contributed by atoms with Crippen molar-refractivity contribution in [2.45, 2.75) is 162 Å². The number of ketones is 2. The summed E-state index contributed by atoms with van der Waals surface area (Å²) < 4.78 is 11.7. The fourth-order valence-corrected chi connectivity index (χ4v) is 7.21. The highest BCUT2D eigenvalue weighted by molar-refractivity contribution is 6.38. The van der Waals surface area contributed by atoms with Gasteiger partial charge in [0.05, 0.1) is 17.7 Å². The van der Waals surface area contributed by atoms with Crippen LogP contribution in [0.15, 0.2) is 30.3 Å². The first-order valence-corrected chi connectivity index (χ1v) is 20.0. The van der Waals surface area contributed by atoms with Crippen molar-refractivity contribution in [3.63, 3.8) is 0 Å². The Hall–Kier alpha value is -4.33. The van der Waals surface area contributed by atoms with Gasteiger partial charge in [0.2, 0.25) is 17.6 Å². The molecule has 56 heavy (non-hydrogen) atoms. The Morgan fingerprint density at radius 1 is 0.911 bits per heavy atom. The molecule has 1 saturated carbocycles. The topological polar surface area (TPSA) is 189 Å². The highest BCUT2D eigenvalue weighted by Gasteiger charge is 2.47. The molecule has 1 aliphatic carbocycles. The zero-order chi connectivity index (χ0) is 42.0. The summed E-state index contributed by atoms with van der Waals surface area (Å²) in [6.45, 7) is 17.7. The molecule has 0 spiro atoms. The maximum absolute atomic E-state index is 14.4. The summed E-state index contributed by atoms with van der Waals surface area (Å²) in [5, 5.41) is 11.0. The van der Waals surface area contributed by atoms with Gasteiger partial charge in [-0.3, -0.25) is 28.8 Å². The van der Waals surface area contributed by atoms with Gasteiger partial charge in [0.1, 0.15) is 18.6 Å². The Kier molecular flexibility index (Phi) is 16.2. The van der Waals surface area contributed by atoms with E-state index in [1.807, 2.05) is 48.5 Å². The summed E-state index contributed by atoms with van der Waals surface area (Å²) in [6.07, 6.45) is 3.73. The molecule has 312 valence electrons. The molecule has 1 heterocycles. The fourth-order valence-electron chi connectivity index (χ4n) is 7.21. The summed E-state index contributed by atoms with van der Waals surface area (Å²) >= 11 is 0. The van der Waals surface area contributed by atoms with Crippen LogP contribution in [-0.4, -0.2) is 94.6 Å². The summed E-state index contributed by atoms with van der Waals surface area (Å²) in [5.41, 5.74) is -1.25. The number of nitrogens with zero attached hydrogens (tertiary/aromatic N) is 1. The molecule has 0 radical (unpaired) electrons. The Labute approximate surface area is 332 Å². The number of ether oxygens (including phenoxy) is 2. The van der Waals surface area contributed by atoms with E-state index in [0.717, 1.165) is 32.1 Å². The van der Waals surface area contributed by atoms with Gasteiger partial charge >= 0.3 is 12.0 Å². The monoisotopic (exact) mass is 783 g/mol. The Balaban J connectivity index is 1.76. The third kappa shape index (κ3) is 13.4. The molecule has 0 bridgehead atoms. The van der Waals surface area contributed by atoms with Crippen LogP contribution in [0.1, 0.15) is 132 Å². The lowest BCUT2D eigenvalue weighted by molar-refractivity contribution is -0.156. The first-order valence-electron chi connectivity index (χ1n) is 20.0. The van der Waals surface area contributed by atoms with Crippen molar-refractivity contribution < 1.29 is 43.0 Å². The van der Waals surface area contributed by atoms with Crippen molar-refractivity contribution in [2.75, 3.05) is 13.1 Å². The molecule has 14 heteroatoms. The zero-order valence-electron chi connectivity index (χ0n) is 35.0. The van der Waals surface area contributed by atoms with E-state index in [4.69, 9.17) is 9.47 Å². The Morgan fingerprint density at radius 3 is 2.09 bits per heavy atom. The molecule has 2 aliphatic rings. The van der Waals surface area contributed by atoms with Crippen LogP contribution in [0.5, 0.6) is 0 Å². The van der Waals surface area contributed by atoms with Gasteiger partial charge in [-0.1, -0.05) is 97.6 Å². The summed E-state index contributed by atoms with van der Waals surface area (Å²) in [7, 11) is 0. The van der Waals surface area contributed by atoms with Crippen molar-refractivity contribution >= 4 is 41.3 Å². The number of likely N-dealkylation sites (tertiary alicyclic amines) is 1. The van der Waals surface area contributed by atoms with E-state index < -0.39 is 89.3 Å². The van der Waals surface area contributed by atoms with Crippen LogP contribution in [0.25, 0.3) is 0 Å². The van der Waals surface area contributed by atoms with Gasteiger partial charge in [0, 0.05) is 24.4 Å². The van der Waals surface area contributed by atoms with Crippen LogP contribution in [0.2, 0.25) is 0 Å². The molecule has 1 aromatic rings. The van der Waals surface area contributed by atoms with Crippen molar-refractivity contribution in [3.05, 3.63) is 35.9 Å². The second-order valence-corrected chi connectivity index (χ2v) is 17.8. The number of rotatable bonds is 16. The molecule has 1 saturated heterocycles. The van der Waals surface area contributed by atoms with Gasteiger partial charge in [-0.2, -0.15) is 0 Å². The molecule has 14 nitrogen and oxygen atoms in total. The van der Waals surface area contributed by atoms with E-state index in [9.17, 15) is 33.6 Å². The molecule has 1 aromatic carbocycles. The predicted molar refractivity (Wildman–Crippen MR) is 211 cm³/mol. The molecule has 5 atom stereocenters. The molecule has 5 amide bonds. The highest BCUT2D eigenvalue weighted by atomic mass is 16.5. The molecule has 2 unspecified atom stereocenters. The van der Waals surface area contributed by atoms with Crippen LogP contribution in [0.4, 0.5) is 4.79 Å². The number of benzene rings is 1. The van der Waals surface area contributed by atoms with E-state index in [2.05, 4.69) is 21.3 Å². The summed E-state index contributed by atoms with van der Waals surface area (Å²) in [5.74, 6) is -4.90. The van der Waals surface area contributed by atoms with E-state index >= 15 is 0 Å². The van der Waals surface area contributed by atoms with Crippen molar-refractivity contribution in [1.82, 2.24) is 26.2 Å². The van der Waals surface area contributed by atoms with E-state index in [0.29, 0.717) is 12.0 Å². The van der Waals surface area contributed by atoms with Gasteiger partial charge in [-0.05, 0) is 57.9 Å². The normalized spacial score (nSPS) is 19.9. The van der Waals surface area contributed by atoms with Gasteiger partial charge in [0.15, 0.2) is 11.9 Å². The fraction of sp³-hybridized carbons (Fsp3) is 0.690. The maximum atomic E-state index is 14.4. The lowest BCUT2D eigenvalue weighted by Gasteiger charge is -2.38. The number of esters is 1. The SMILES string of the molecule is CCCC(NC(=O)[C@@H]1C[C@@H](OC(C)(C)C)CN1C(=O)[C@@H](NC(=O)NC1(C)CCCCC1)C(C)(C)C)C(=O)C(=O)NCC(=O)OC(C(=O)C(C)C)c1ccccc1. The van der Waals surface area contributed by atoms with Crippen LogP contribution >= 0.6 is 0 Å². The number of urea groups is 1. The number of amides is 5. The second kappa shape index (κ2) is 19.7. The second-order valence-electron chi connectivity index (χ2n) is 17.8. The van der Waals surface area contributed by atoms with Crippen LogP contribution in [-0.2, 0) is 38.2 Å². The smallest absolute Gasteiger partial charge is 0.326 e. The van der Waals surface area contributed by atoms with Crippen LogP contribution in [0, 0.1) is 11.3 Å². The highest BCUT2D eigenvalue weighted by Crippen LogP contribution is 2.31. The van der Waals surface area contributed by atoms with Gasteiger partial charge in [0.25, 0.3) is 5.91 Å². The Morgan fingerprint density at radius 2 is 1.54 bits per heavy atom. The quantitative estimate of drug-likeness (QED) is 0.136. The Bertz CT molecular complexity index is 1560. The van der Waals surface area contributed by atoms with Gasteiger partial charge < -0.3 is 35.6 Å². The summed E-state index contributed by atoms with van der Waals surface area (Å²) in [4.78, 5) is 95.5. The maximum Gasteiger partial charge on any atom is 0.326 e. The zero-order valence-corrected chi connectivity index (χ0v) is 35.0. The molecular formula is C42H65N5O9. The number of Topliss-reactive ketones (excluding diaryl/α,β-unsaturated/α-hetero) is 2. The van der Waals surface area contributed by atoms with Crippen molar-refractivity contribution in [1.29, 1.82) is 0 Å². The van der Waals surface area contributed by atoms with Gasteiger partial charge in [-0.25, -0.2) is 4.79 Å². The third-order valence-electron chi connectivity index (χ3n) is 10.1. The lowest BCUT2D eigenvalue weighted by Crippen LogP contribution is -2.61. The first kappa shape index (κ1) is 46.1. The van der Waals surface area contributed by atoms with E-state index in [1.165, 1.54) is 4.90 Å². The number of carbonyl (C=O) groups excluding carboxylic acids is 7. The number of hydrogen-bond acceptors (Lipinski definition) is 9. The minimum absolute atomic E-state index is 0.0695. The average molecular weight is 784 g/mol. The van der Waals surface area contributed by atoms with Crippen molar-refractivity contribution in [3.8, 4) is 0 Å². The summed E-state index contributed by atoms with van der Waals surface area (Å²) in [6, 6.07) is 4.70. The molecule has 0 aromatic heterocycles. The third-order valence-corrected chi connectivity index (χ3v) is 10.1. The van der Waals surface area contributed by atoms with Crippen LogP contribution in [0.3, 0.4) is 0 Å². The largest absolute Gasteiger partial charge is 0.448 e. The molecule has 3 rings (SSSR count).